The Morgan fingerprint density at radius 1 is 1.22 bits per heavy atom. The van der Waals surface area contributed by atoms with Gasteiger partial charge in [-0.2, -0.15) is 0 Å². The minimum absolute atomic E-state index is 0.0634. The first-order chi connectivity index (χ1) is 11.2. The Bertz CT molecular complexity index is 522. The number of esters is 1. The van der Waals surface area contributed by atoms with E-state index in [2.05, 4.69) is 0 Å². The molecule has 0 radical (unpaired) electrons. The van der Waals surface area contributed by atoms with E-state index in [9.17, 15) is 9.59 Å². The molecule has 23 heavy (non-hydrogen) atoms. The first-order valence-corrected chi connectivity index (χ1v) is 7.84. The fourth-order valence-electron chi connectivity index (χ4n) is 2.56. The standard InChI is InChI=1S/C17H23NO5/c1-3-23-16(19)12-18(14-4-6-15(21-2)7-5-14)17(20)13-8-10-22-11-9-13/h4-7,13H,3,8-12H2,1-2H3. The molecule has 1 aliphatic rings. The molecule has 1 heterocycles. The van der Waals surface area contributed by atoms with Crippen LogP contribution >= 0.6 is 0 Å². The summed E-state index contributed by atoms with van der Waals surface area (Å²) in [4.78, 5) is 26.2. The van der Waals surface area contributed by atoms with Crippen molar-refractivity contribution in [2.75, 3.05) is 38.4 Å². The molecule has 1 amide bonds. The number of hydrogen-bond donors (Lipinski definition) is 0. The lowest BCUT2D eigenvalue weighted by Crippen LogP contribution is -2.42. The summed E-state index contributed by atoms with van der Waals surface area (Å²) in [5.41, 5.74) is 0.662. The zero-order valence-corrected chi connectivity index (χ0v) is 13.6. The normalized spacial score (nSPS) is 15.0. The summed E-state index contributed by atoms with van der Waals surface area (Å²) in [6, 6.07) is 7.08. The number of rotatable bonds is 6. The van der Waals surface area contributed by atoms with Gasteiger partial charge in [0.2, 0.25) is 5.91 Å². The third-order valence-corrected chi connectivity index (χ3v) is 3.81. The smallest absolute Gasteiger partial charge is 0.326 e. The van der Waals surface area contributed by atoms with Crippen molar-refractivity contribution in [3.05, 3.63) is 24.3 Å². The molecular weight excluding hydrogens is 298 g/mol. The van der Waals surface area contributed by atoms with E-state index in [1.54, 1.807) is 38.3 Å². The van der Waals surface area contributed by atoms with Crippen molar-refractivity contribution in [3.63, 3.8) is 0 Å². The summed E-state index contributed by atoms with van der Waals surface area (Å²) in [6.45, 7) is 3.10. The molecule has 2 rings (SSSR count). The quantitative estimate of drug-likeness (QED) is 0.750. The van der Waals surface area contributed by atoms with Gasteiger partial charge in [0.1, 0.15) is 12.3 Å². The average Bonchev–Trinajstić information content (AvgIpc) is 2.60. The van der Waals surface area contributed by atoms with Crippen LogP contribution in [0.4, 0.5) is 5.69 Å². The van der Waals surface area contributed by atoms with Crippen LogP contribution in [0.15, 0.2) is 24.3 Å². The van der Waals surface area contributed by atoms with Crippen LogP contribution in [-0.2, 0) is 19.1 Å². The first-order valence-electron chi connectivity index (χ1n) is 7.84. The molecule has 0 unspecified atom stereocenters. The van der Waals surface area contributed by atoms with Gasteiger partial charge in [-0.1, -0.05) is 0 Å². The molecular formula is C17H23NO5. The highest BCUT2D eigenvalue weighted by molar-refractivity contribution is 5.99. The number of anilines is 1. The number of carbonyl (C=O) groups excluding carboxylic acids is 2. The van der Waals surface area contributed by atoms with Crippen LogP contribution in [0, 0.1) is 5.92 Å². The molecule has 6 heteroatoms. The first kappa shape index (κ1) is 17.3. The zero-order valence-electron chi connectivity index (χ0n) is 13.6. The van der Waals surface area contributed by atoms with E-state index in [1.807, 2.05) is 0 Å². The molecule has 126 valence electrons. The molecule has 0 spiro atoms. The molecule has 6 nitrogen and oxygen atoms in total. The number of benzene rings is 1. The van der Waals surface area contributed by atoms with Gasteiger partial charge in [-0.25, -0.2) is 0 Å². The number of hydrogen-bond acceptors (Lipinski definition) is 5. The Balaban J connectivity index is 2.18. The summed E-state index contributed by atoms with van der Waals surface area (Å²) in [6.07, 6.45) is 1.35. The van der Waals surface area contributed by atoms with Gasteiger partial charge < -0.3 is 19.1 Å². The van der Waals surface area contributed by atoms with Crippen molar-refractivity contribution < 1.29 is 23.8 Å². The Morgan fingerprint density at radius 3 is 2.43 bits per heavy atom. The van der Waals surface area contributed by atoms with Crippen molar-refractivity contribution in [3.8, 4) is 5.75 Å². The predicted octanol–water partition coefficient (Wildman–Crippen LogP) is 2.02. The topological polar surface area (TPSA) is 65.1 Å². The monoisotopic (exact) mass is 321 g/mol. The van der Waals surface area contributed by atoms with E-state index in [-0.39, 0.29) is 18.4 Å². The minimum atomic E-state index is -0.413. The van der Waals surface area contributed by atoms with Crippen LogP contribution in [0.25, 0.3) is 0 Å². The number of ether oxygens (including phenoxy) is 3. The fourth-order valence-corrected chi connectivity index (χ4v) is 2.56. The van der Waals surface area contributed by atoms with Gasteiger partial charge in [0, 0.05) is 24.8 Å². The van der Waals surface area contributed by atoms with Crippen LogP contribution in [0.3, 0.4) is 0 Å². The number of carbonyl (C=O) groups is 2. The summed E-state index contributed by atoms with van der Waals surface area (Å²) < 4.78 is 15.4. The summed E-state index contributed by atoms with van der Waals surface area (Å²) in [5, 5.41) is 0. The maximum absolute atomic E-state index is 12.8. The maximum Gasteiger partial charge on any atom is 0.326 e. The Morgan fingerprint density at radius 2 is 1.87 bits per heavy atom. The summed E-state index contributed by atoms with van der Waals surface area (Å²) >= 11 is 0. The average molecular weight is 321 g/mol. The second-order valence-corrected chi connectivity index (χ2v) is 5.31. The molecule has 1 aromatic rings. The molecule has 1 aliphatic heterocycles. The van der Waals surface area contributed by atoms with Crippen LogP contribution in [0.1, 0.15) is 19.8 Å². The van der Waals surface area contributed by atoms with Crippen molar-refractivity contribution in [2.24, 2.45) is 5.92 Å². The van der Waals surface area contributed by atoms with Gasteiger partial charge in [-0.15, -0.1) is 0 Å². The lowest BCUT2D eigenvalue weighted by Gasteiger charge is -2.29. The van der Waals surface area contributed by atoms with Crippen LogP contribution in [0.5, 0.6) is 5.75 Å². The second kappa shape index (κ2) is 8.53. The maximum atomic E-state index is 12.8. The van der Waals surface area contributed by atoms with E-state index in [0.29, 0.717) is 44.1 Å². The van der Waals surface area contributed by atoms with Crippen LogP contribution in [-0.4, -0.2) is 45.4 Å². The second-order valence-electron chi connectivity index (χ2n) is 5.31. The number of amides is 1. The highest BCUT2D eigenvalue weighted by Gasteiger charge is 2.29. The van der Waals surface area contributed by atoms with Crippen LogP contribution in [0.2, 0.25) is 0 Å². The highest BCUT2D eigenvalue weighted by atomic mass is 16.5. The molecule has 1 saturated heterocycles. The van der Waals surface area contributed by atoms with Crippen molar-refractivity contribution in [1.82, 2.24) is 0 Å². The Labute approximate surface area is 136 Å². The van der Waals surface area contributed by atoms with E-state index < -0.39 is 5.97 Å². The van der Waals surface area contributed by atoms with Gasteiger partial charge in [-0.3, -0.25) is 9.59 Å². The van der Waals surface area contributed by atoms with Gasteiger partial charge in [0.05, 0.1) is 13.7 Å². The van der Waals surface area contributed by atoms with Crippen molar-refractivity contribution >= 4 is 17.6 Å². The van der Waals surface area contributed by atoms with E-state index in [0.717, 1.165) is 0 Å². The highest BCUT2D eigenvalue weighted by Crippen LogP contribution is 2.24. The largest absolute Gasteiger partial charge is 0.497 e. The third-order valence-electron chi connectivity index (χ3n) is 3.81. The molecule has 0 aromatic heterocycles. The Kier molecular flexibility index (Phi) is 6.40. The van der Waals surface area contributed by atoms with E-state index in [4.69, 9.17) is 14.2 Å². The van der Waals surface area contributed by atoms with Gasteiger partial charge >= 0.3 is 5.97 Å². The summed E-state index contributed by atoms with van der Waals surface area (Å²) in [7, 11) is 1.58. The molecule has 0 bridgehead atoms. The predicted molar refractivity (Wildman–Crippen MR) is 85.5 cm³/mol. The number of methoxy groups -OCH3 is 1. The zero-order chi connectivity index (χ0) is 16.7. The molecule has 0 aliphatic carbocycles. The van der Waals surface area contributed by atoms with Gasteiger partial charge in [-0.05, 0) is 44.0 Å². The van der Waals surface area contributed by atoms with Gasteiger partial charge in [0.15, 0.2) is 0 Å². The lowest BCUT2D eigenvalue weighted by molar-refractivity contribution is -0.142. The molecule has 1 aromatic carbocycles. The molecule has 0 atom stereocenters. The molecule has 0 N–H and O–H groups in total. The fraction of sp³-hybridized carbons (Fsp3) is 0.529. The van der Waals surface area contributed by atoms with E-state index in [1.165, 1.54) is 4.90 Å². The van der Waals surface area contributed by atoms with E-state index >= 15 is 0 Å². The number of nitrogens with zero attached hydrogens (tertiary/aromatic N) is 1. The van der Waals surface area contributed by atoms with Crippen molar-refractivity contribution in [2.45, 2.75) is 19.8 Å². The molecule has 0 saturated carbocycles. The summed E-state index contributed by atoms with van der Waals surface area (Å²) in [5.74, 6) is 0.0962. The minimum Gasteiger partial charge on any atom is -0.497 e. The lowest BCUT2D eigenvalue weighted by atomic mass is 9.98. The van der Waals surface area contributed by atoms with Gasteiger partial charge in [0.25, 0.3) is 0 Å². The Hall–Kier alpha value is -2.08. The van der Waals surface area contributed by atoms with Crippen LogP contribution < -0.4 is 9.64 Å². The van der Waals surface area contributed by atoms with Crippen molar-refractivity contribution in [1.29, 1.82) is 0 Å². The SMILES string of the molecule is CCOC(=O)CN(C(=O)C1CCOCC1)c1ccc(OC)cc1. The third kappa shape index (κ3) is 4.69. The molecule has 1 fully saturated rings.